The van der Waals surface area contributed by atoms with Gasteiger partial charge in [-0.25, -0.2) is 0 Å². The van der Waals surface area contributed by atoms with Gasteiger partial charge in [-0.15, -0.1) is 0 Å². The van der Waals surface area contributed by atoms with E-state index in [1.54, 1.807) is 18.2 Å². The molecular formula is C12H13NO4. The van der Waals surface area contributed by atoms with Crippen molar-refractivity contribution in [1.29, 1.82) is 0 Å². The van der Waals surface area contributed by atoms with Crippen LogP contribution >= 0.6 is 0 Å². The van der Waals surface area contributed by atoms with Crippen LogP contribution in [0.1, 0.15) is 6.42 Å². The van der Waals surface area contributed by atoms with Gasteiger partial charge in [0.15, 0.2) is 0 Å². The molecule has 1 atom stereocenters. The van der Waals surface area contributed by atoms with Crippen LogP contribution in [0, 0.1) is 5.92 Å². The van der Waals surface area contributed by atoms with E-state index in [0.29, 0.717) is 5.69 Å². The van der Waals surface area contributed by atoms with Crippen molar-refractivity contribution in [2.45, 2.75) is 6.42 Å². The zero-order chi connectivity index (χ0) is 12.4. The maximum absolute atomic E-state index is 11.8. The molecule has 1 N–H and O–H groups in total. The number of hydrogen-bond acceptors (Lipinski definition) is 4. The number of para-hydroxylation sites is 2. The summed E-state index contributed by atoms with van der Waals surface area (Å²) in [6.07, 6.45) is 0.126. The molecule has 0 radical (unpaired) electrons. The maximum atomic E-state index is 11.8. The fraction of sp³-hybridized carbons (Fsp3) is 0.333. The Morgan fingerprint density at radius 1 is 1.47 bits per heavy atom. The van der Waals surface area contributed by atoms with Crippen LogP contribution in [-0.2, 0) is 14.3 Å². The summed E-state index contributed by atoms with van der Waals surface area (Å²) in [5.74, 6) is -0.989. The third-order valence-electron chi connectivity index (χ3n) is 2.83. The van der Waals surface area contributed by atoms with Crippen LogP contribution in [0.4, 0.5) is 5.69 Å². The van der Waals surface area contributed by atoms with Crippen molar-refractivity contribution in [2.24, 2.45) is 5.92 Å². The lowest BCUT2D eigenvalue weighted by molar-refractivity contribution is -0.145. The number of amides is 1. The average Bonchev–Trinajstić information content (AvgIpc) is 2.71. The molecule has 1 aliphatic rings. The Balaban J connectivity index is 2.22. The van der Waals surface area contributed by atoms with Crippen molar-refractivity contribution < 1.29 is 19.4 Å². The van der Waals surface area contributed by atoms with Gasteiger partial charge in [0.05, 0.1) is 18.7 Å². The van der Waals surface area contributed by atoms with E-state index in [1.165, 1.54) is 18.1 Å². The zero-order valence-electron chi connectivity index (χ0n) is 9.42. The van der Waals surface area contributed by atoms with Gasteiger partial charge in [-0.2, -0.15) is 0 Å². The first kappa shape index (κ1) is 11.4. The van der Waals surface area contributed by atoms with Crippen molar-refractivity contribution in [2.75, 3.05) is 18.6 Å². The van der Waals surface area contributed by atoms with Crippen LogP contribution in [-0.4, -0.2) is 30.6 Å². The van der Waals surface area contributed by atoms with Gasteiger partial charge in [0.2, 0.25) is 5.91 Å². The van der Waals surface area contributed by atoms with Crippen molar-refractivity contribution in [3.63, 3.8) is 0 Å². The molecule has 90 valence electrons. The molecule has 0 bridgehead atoms. The number of anilines is 1. The number of methoxy groups -OCH3 is 1. The number of esters is 1. The summed E-state index contributed by atoms with van der Waals surface area (Å²) >= 11 is 0. The summed E-state index contributed by atoms with van der Waals surface area (Å²) in [6, 6.07) is 6.56. The summed E-state index contributed by atoms with van der Waals surface area (Å²) in [6.45, 7) is 0.253. The lowest BCUT2D eigenvalue weighted by atomic mass is 10.1. The molecule has 17 heavy (non-hydrogen) atoms. The highest BCUT2D eigenvalue weighted by atomic mass is 16.5. The largest absolute Gasteiger partial charge is 0.506 e. The van der Waals surface area contributed by atoms with Crippen LogP contribution in [0.25, 0.3) is 0 Å². The predicted molar refractivity (Wildman–Crippen MR) is 60.6 cm³/mol. The molecule has 1 aliphatic heterocycles. The third kappa shape index (κ3) is 2.08. The second-order valence-corrected chi connectivity index (χ2v) is 3.92. The summed E-state index contributed by atoms with van der Waals surface area (Å²) < 4.78 is 4.62. The van der Waals surface area contributed by atoms with E-state index >= 15 is 0 Å². The van der Waals surface area contributed by atoms with Gasteiger partial charge in [-0.05, 0) is 12.1 Å². The summed E-state index contributed by atoms with van der Waals surface area (Å²) in [5, 5.41) is 9.66. The summed E-state index contributed by atoms with van der Waals surface area (Å²) in [5.41, 5.74) is 0.434. The molecule has 1 amide bonds. The van der Waals surface area contributed by atoms with Gasteiger partial charge in [-0.1, -0.05) is 12.1 Å². The van der Waals surface area contributed by atoms with Gasteiger partial charge in [0.25, 0.3) is 0 Å². The molecule has 1 aromatic carbocycles. The zero-order valence-corrected chi connectivity index (χ0v) is 9.42. The van der Waals surface area contributed by atoms with Gasteiger partial charge in [-0.3, -0.25) is 9.59 Å². The number of aromatic hydroxyl groups is 1. The second kappa shape index (κ2) is 4.45. The maximum Gasteiger partial charge on any atom is 0.311 e. The van der Waals surface area contributed by atoms with E-state index < -0.39 is 11.9 Å². The highest BCUT2D eigenvalue weighted by Crippen LogP contribution is 2.32. The minimum absolute atomic E-state index is 0.0337. The Bertz CT molecular complexity index is 458. The molecule has 0 aromatic heterocycles. The van der Waals surface area contributed by atoms with Crippen LogP contribution in [0.5, 0.6) is 5.75 Å². The Kier molecular flexibility index (Phi) is 2.99. The van der Waals surface area contributed by atoms with Crippen LogP contribution in [0.15, 0.2) is 24.3 Å². The number of phenolic OH excluding ortho intramolecular Hbond substituents is 1. The van der Waals surface area contributed by atoms with Crippen molar-refractivity contribution in [3.05, 3.63) is 24.3 Å². The number of carbonyl (C=O) groups excluding carboxylic acids is 2. The Morgan fingerprint density at radius 3 is 2.82 bits per heavy atom. The minimum Gasteiger partial charge on any atom is -0.506 e. The number of carbonyl (C=O) groups is 2. The Labute approximate surface area is 98.6 Å². The van der Waals surface area contributed by atoms with Crippen molar-refractivity contribution in [1.82, 2.24) is 0 Å². The molecule has 5 heteroatoms. The average molecular weight is 235 g/mol. The molecule has 0 aliphatic carbocycles. The number of nitrogens with zero attached hydrogens (tertiary/aromatic N) is 1. The van der Waals surface area contributed by atoms with Crippen LogP contribution in [0.2, 0.25) is 0 Å². The predicted octanol–water partition coefficient (Wildman–Crippen LogP) is 0.918. The van der Waals surface area contributed by atoms with E-state index in [1.807, 2.05) is 0 Å². The molecule has 0 spiro atoms. The number of ether oxygens (including phenoxy) is 1. The first-order chi connectivity index (χ1) is 8.13. The molecule has 2 rings (SSSR count). The first-order valence-corrected chi connectivity index (χ1v) is 5.29. The SMILES string of the molecule is COC(=O)[C@H]1CC(=O)N(c2ccccc2O)C1. The minimum atomic E-state index is -0.452. The quantitative estimate of drug-likeness (QED) is 0.774. The molecule has 0 unspecified atom stereocenters. The van der Waals surface area contributed by atoms with Crippen molar-refractivity contribution >= 4 is 17.6 Å². The lowest BCUT2D eigenvalue weighted by Crippen LogP contribution is -2.26. The number of phenols is 1. The van der Waals surface area contributed by atoms with E-state index in [4.69, 9.17) is 0 Å². The number of hydrogen-bond donors (Lipinski definition) is 1. The van der Waals surface area contributed by atoms with Gasteiger partial charge >= 0.3 is 5.97 Å². The van der Waals surface area contributed by atoms with Crippen LogP contribution < -0.4 is 4.90 Å². The number of rotatable bonds is 2. The molecule has 1 aromatic rings. The van der Waals surface area contributed by atoms with Crippen molar-refractivity contribution in [3.8, 4) is 5.75 Å². The van der Waals surface area contributed by atoms with Gasteiger partial charge in [0.1, 0.15) is 5.75 Å². The topological polar surface area (TPSA) is 66.8 Å². The summed E-state index contributed by atoms with van der Waals surface area (Å²) in [4.78, 5) is 24.5. The molecule has 1 saturated heterocycles. The fourth-order valence-electron chi connectivity index (χ4n) is 1.96. The Morgan fingerprint density at radius 2 is 2.18 bits per heavy atom. The van der Waals surface area contributed by atoms with E-state index in [-0.39, 0.29) is 24.6 Å². The highest BCUT2D eigenvalue weighted by molar-refractivity contribution is 6.00. The smallest absolute Gasteiger partial charge is 0.311 e. The first-order valence-electron chi connectivity index (χ1n) is 5.29. The number of benzene rings is 1. The van der Waals surface area contributed by atoms with Gasteiger partial charge in [0, 0.05) is 13.0 Å². The Hall–Kier alpha value is -2.04. The second-order valence-electron chi connectivity index (χ2n) is 3.92. The summed E-state index contributed by atoms with van der Waals surface area (Å²) in [7, 11) is 1.30. The molecule has 0 saturated carbocycles. The fourth-order valence-corrected chi connectivity index (χ4v) is 1.96. The van der Waals surface area contributed by atoms with Crippen LogP contribution in [0.3, 0.4) is 0 Å². The molecular weight excluding hydrogens is 222 g/mol. The highest BCUT2D eigenvalue weighted by Gasteiger charge is 2.36. The lowest BCUT2D eigenvalue weighted by Gasteiger charge is -2.17. The van der Waals surface area contributed by atoms with Gasteiger partial charge < -0.3 is 14.7 Å². The molecule has 5 nitrogen and oxygen atoms in total. The standard InChI is InChI=1S/C12H13NO4/c1-17-12(16)8-6-11(15)13(7-8)9-4-2-3-5-10(9)14/h2-5,8,14H,6-7H2,1H3/t8-/m0/s1. The molecule has 1 fully saturated rings. The normalized spacial score (nSPS) is 19.5. The monoisotopic (exact) mass is 235 g/mol. The van der Waals surface area contributed by atoms with E-state index in [9.17, 15) is 14.7 Å². The third-order valence-corrected chi connectivity index (χ3v) is 2.83. The van der Waals surface area contributed by atoms with E-state index in [2.05, 4.69) is 4.74 Å². The molecule has 1 heterocycles. The van der Waals surface area contributed by atoms with E-state index in [0.717, 1.165) is 0 Å².